The summed E-state index contributed by atoms with van der Waals surface area (Å²) in [4.78, 5) is 11.0. The van der Waals surface area contributed by atoms with Crippen LogP contribution in [-0.2, 0) is 10.0 Å². The second kappa shape index (κ2) is 6.50. The van der Waals surface area contributed by atoms with Gasteiger partial charge in [-0.15, -0.1) is 0 Å². The maximum Gasteiger partial charge on any atom is 0.249 e. The Morgan fingerprint density at radius 3 is 2.19 bits per heavy atom. The van der Waals surface area contributed by atoms with E-state index in [1.54, 1.807) is 6.92 Å². The summed E-state index contributed by atoms with van der Waals surface area (Å²) in [5, 5.41) is 27.5. The van der Waals surface area contributed by atoms with Crippen LogP contribution in [0, 0.1) is 6.92 Å². The van der Waals surface area contributed by atoms with Crippen LogP contribution in [0.4, 0.5) is 0 Å². The zero-order valence-electron chi connectivity index (χ0n) is 11.4. The molecule has 0 unspecified atom stereocenters. The molecule has 0 spiro atoms. The first-order valence-electron chi connectivity index (χ1n) is 5.98. The van der Waals surface area contributed by atoms with Gasteiger partial charge in [0.05, 0.1) is 24.7 Å². The number of carbonyl (C=O) groups excluding carboxylic acids is 1. The molecule has 1 amide bonds. The summed E-state index contributed by atoms with van der Waals surface area (Å²) in [7, 11) is -4.16. The molecule has 1 aromatic rings. The molecule has 0 aliphatic carbocycles. The van der Waals surface area contributed by atoms with Crippen molar-refractivity contribution >= 4 is 15.9 Å². The number of primary amides is 1. The summed E-state index contributed by atoms with van der Waals surface area (Å²) >= 11 is 0. The van der Waals surface area contributed by atoms with E-state index in [9.17, 15) is 13.2 Å². The Balaban J connectivity index is 3.26. The van der Waals surface area contributed by atoms with Crippen LogP contribution in [0.25, 0.3) is 0 Å². The molecule has 0 bridgehead atoms. The quantitative estimate of drug-likeness (QED) is 0.396. The van der Waals surface area contributed by atoms with E-state index in [0.29, 0.717) is 5.56 Å². The monoisotopic (exact) mass is 318 g/mol. The fourth-order valence-electron chi connectivity index (χ4n) is 1.62. The molecule has 0 aliphatic rings. The lowest BCUT2D eigenvalue weighted by atomic mass is 10.1. The van der Waals surface area contributed by atoms with Gasteiger partial charge in [0.2, 0.25) is 15.9 Å². The molecule has 0 atom stereocenters. The van der Waals surface area contributed by atoms with E-state index >= 15 is 0 Å². The van der Waals surface area contributed by atoms with Crippen LogP contribution in [0.3, 0.4) is 0 Å². The molecule has 9 heteroatoms. The highest BCUT2D eigenvalue weighted by molar-refractivity contribution is 7.89. The predicted molar refractivity (Wildman–Crippen MR) is 74.0 cm³/mol. The van der Waals surface area contributed by atoms with Gasteiger partial charge in [-0.2, -0.15) is 4.72 Å². The minimum atomic E-state index is -4.16. The first-order chi connectivity index (χ1) is 9.71. The highest BCUT2D eigenvalue weighted by Crippen LogP contribution is 2.17. The van der Waals surface area contributed by atoms with Gasteiger partial charge in [0.15, 0.2) is 0 Å². The average molecular weight is 318 g/mol. The van der Waals surface area contributed by atoms with Gasteiger partial charge < -0.3 is 21.1 Å². The van der Waals surface area contributed by atoms with Crippen molar-refractivity contribution in [2.24, 2.45) is 5.73 Å². The second-order valence-corrected chi connectivity index (χ2v) is 6.38. The first kappa shape index (κ1) is 17.5. The molecule has 0 heterocycles. The van der Waals surface area contributed by atoms with Crippen LogP contribution in [0.5, 0.6) is 0 Å². The van der Waals surface area contributed by atoms with Crippen LogP contribution in [0.1, 0.15) is 15.9 Å². The standard InChI is InChI=1S/C12H18N2O6S/c1-8-2-3-9(4-10(8)11(13)18)21(19,20)14-12(5-15,6-16)7-17/h2-4,14-17H,5-7H2,1H3,(H2,13,18). The molecule has 118 valence electrons. The summed E-state index contributed by atoms with van der Waals surface area (Å²) in [6.07, 6.45) is 0. The SMILES string of the molecule is Cc1ccc(S(=O)(=O)NC(CO)(CO)CO)cc1C(N)=O. The predicted octanol–water partition coefficient (Wildman–Crippen LogP) is -1.91. The first-order valence-corrected chi connectivity index (χ1v) is 7.46. The minimum Gasteiger partial charge on any atom is -0.394 e. The van der Waals surface area contributed by atoms with Gasteiger partial charge in [0.1, 0.15) is 5.54 Å². The maximum atomic E-state index is 12.2. The molecule has 0 fully saturated rings. The van der Waals surface area contributed by atoms with Crippen LogP contribution < -0.4 is 10.5 Å². The lowest BCUT2D eigenvalue weighted by molar-refractivity contribution is 0.0582. The van der Waals surface area contributed by atoms with E-state index in [2.05, 4.69) is 0 Å². The molecule has 6 N–H and O–H groups in total. The number of aliphatic hydroxyl groups excluding tert-OH is 3. The molecule has 1 aromatic carbocycles. The normalized spacial score (nSPS) is 12.4. The summed E-state index contributed by atoms with van der Waals surface area (Å²) in [6.45, 7) is -0.793. The van der Waals surface area contributed by atoms with Crippen LogP contribution in [0.2, 0.25) is 0 Å². The number of hydrogen-bond donors (Lipinski definition) is 5. The molecule has 8 nitrogen and oxygen atoms in total. The third kappa shape index (κ3) is 3.77. The molecule has 0 aliphatic heterocycles. The molecular formula is C12H18N2O6S. The van der Waals surface area contributed by atoms with Crippen LogP contribution in [-0.4, -0.2) is 55.0 Å². The van der Waals surface area contributed by atoms with Gasteiger partial charge in [-0.05, 0) is 24.6 Å². The van der Waals surface area contributed by atoms with Gasteiger partial charge in [0, 0.05) is 5.56 Å². The Morgan fingerprint density at radius 1 is 1.24 bits per heavy atom. The van der Waals surface area contributed by atoms with Gasteiger partial charge >= 0.3 is 0 Å². The number of amides is 1. The number of sulfonamides is 1. The topological polar surface area (TPSA) is 150 Å². The average Bonchev–Trinajstić information content (AvgIpc) is 2.44. The van der Waals surface area contributed by atoms with Crippen LogP contribution >= 0.6 is 0 Å². The van der Waals surface area contributed by atoms with Gasteiger partial charge in [-0.25, -0.2) is 8.42 Å². The van der Waals surface area contributed by atoms with Crippen molar-refractivity contribution in [1.29, 1.82) is 0 Å². The fraction of sp³-hybridized carbons (Fsp3) is 0.417. The third-order valence-electron chi connectivity index (χ3n) is 3.04. The van der Waals surface area contributed by atoms with Crippen molar-refractivity contribution in [3.8, 4) is 0 Å². The molecule has 0 saturated heterocycles. The number of aryl methyl sites for hydroxylation is 1. The van der Waals surface area contributed by atoms with Crippen molar-refractivity contribution in [2.75, 3.05) is 19.8 Å². The number of rotatable bonds is 7. The highest BCUT2D eigenvalue weighted by atomic mass is 32.2. The Hall–Kier alpha value is -1.52. The van der Waals surface area contributed by atoms with Crippen molar-refractivity contribution < 1.29 is 28.5 Å². The number of nitrogens with one attached hydrogen (secondary N) is 1. The second-order valence-electron chi connectivity index (χ2n) is 4.70. The van der Waals surface area contributed by atoms with E-state index in [1.165, 1.54) is 12.1 Å². The molecule has 0 saturated carbocycles. The van der Waals surface area contributed by atoms with Gasteiger partial charge in [-0.3, -0.25) is 4.79 Å². The van der Waals surface area contributed by atoms with Crippen LogP contribution in [0.15, 0.2) is 23.1 Å². The zero-order chi connectivity index (χ0) is 16.3. The van der Waals surface area contributed by atoms with E-state index in [4.69, 9.17) is 21.1 Å². The van der Waals surface area contributed by atoms with E-state index in [1.807, 2.05) is 4.72 Å². The Kier molecular flexibility index (Phi) is 5.42. The zero-order valence-corrected chi connectivity index (χ0v) is 12.2. The number of carbonyl (C=O) groups is 1. The largest absolute Gasteiger partial charge is 0.394 e. The van der Waals surface area contributed by atoms with Gasteiger partial charge in [0.25, 0.3) is 0 Å². The molecule has 1 rings (SSSR count). The van der Waals surface area contributed by atoms with Crippen molar-refractivity contribution in [2.45, 2.75) is 17.4 Å². The van der Waals surface area contributed by atoms with E-state index in [-0.39, 0.29) is 10.5 Å². The molecular weight excluding hydrogens is 300 g/mol. The molecule has 0 aromatic heterocycles. The number of hydrogen-bond acceptors (Lipinski definition) is 6. The Labute approximate surface area is 122 Å². The summed E-state index contributed by atoms with van der Waals surface area (Å²) < 4.78 is 26.5. The number of benzene rings is 1. The Morgan fingerprint density at radius 2 is 1.76 bits per heavy atom. The molecule has 21 heavy (non-hydrogen) atoms. The van der Waals surface area contributed by atoms with Gasteiger partial charge in [-0.1, -0.05) is 6.07 Å². The number of nitrogens with two attached hydrogens (primary N) is 1. The maximum absolute atomic E-state index is 12.2. The minimum absolute atomic E-state index is 0.0421. The van der Waals surface area contributed by atoms with E-state index < -0.39 is 41.3 Å². The van der Waals surface area contributed by atoms with Crippen molar-refractivity contribution in [3.63, 3.8) is 0 Å². The fourth-order valence-corrected chi connectivity index (χ4v) is 3.03. The van der Waals surface area contributed by atoms with Crippen molar-refractivity contribution in [3.05, 3.63) is 29.3 Å². The lowest BCUT2D eigenvalue weighted by Crippen LogP contribution is -2.56. The lowest BCUT2D eigenvalue weighted by Gasteiger charge is -2.28. The Bertz CT molecular complexity index is 616. The summed E-state index contributed by atoms with van der Waals surface area (Å²) in [5.41, 5.74) is 3.92. The molecule has 0 radical (unpaired) electrons. The smallest absolute Gasteiger partial charge is 0.249 e. The summed E-state index contributed by atoms with van der Waals surface area (Å²) in [5.74, 6) is -0.776. The van der Waals surface area contributed by atoms with Crippen molar-refractivity contribution in [1.82, 2.24) is 4.72 Å². The van der Waals surface area contributed by atoms with E-state index in [0.717, 1.165) is 6.07 Å². The summed E-state index contributed by atoms with van der Waals surface area (Å²) in [6, 6.07) is 3.76. The highest BCUT2D eigenvalue weighted by Gasteiger charge is 2.34. The third-order valence-corrected chi connectivity index (χ3v) is 4.62. The number of aliphatic hydroxyl groups is 3.